The van der Waals surface area contributed by atoms with Gasteiger partial charge in [-0.2, -0.15) is 10.3 Å². The SMILES string of the molecule is COc1cccc(N=C(NC#N)Oc2ccccc2)c1. The molecule has 0 bridgehead atoms. The third kappa shape index (κ3) is 3.75. The maximum atomic E-state index is 8.75. The molecule has 0 unspecified atom stereocenters. The largest absolute Gasteiger partial charge is 0.497 e. The Morgan fingerprint density at radius 2 is 1.85 bits per heavy atom. The molecule has 0 aliphatic heterocycles. The Kier molecular flexibility index (Phi) is 4.57. The summed E-state index contributed by atoms with van der Waals surface area (Å²) < 4.78 is 10.6. The van der Waals surface area contributed by atoms with E-state index >= 15 is 0 Å². The zero-order valence-corrected chi connectivity index (χ0v) is 10.9. The third-order valence-electron chi connectivity index (χ3n) is 2.40. The van der Waals surface area contributed by atoms with E-state index in [1.165, 1.54) is 0 Å². The van der Waals surface area contributed by atoms with Gasteiger partial charge in [-0.15, -0.1) is 0 Å². The fourth-order valence-electron chi connectivity index (χ4n) is 1.52. The summed E-state index contributed by atoms with van der Waals surface area (Å²) in [6.07, 6.45) is 1.80. The van der Waals surface area contributed by atoms with Crippen LogP contribution < -0.4 is 14.8 Å². The summed E-state index contributed by atoms with van der Waals surface area (Å²) in [6.45, 7) is 0. The molecule has 100 valence electrons. The topological polar surface area (TPSA) is 66.6 Å². The Hall–Kier alpha value is -3.00. The maximum Gasteiger partial charge on any atom is 0.309 e. The van der Waals surface area contributed by atoms with Crippen molar-refractivity contribution < 1.29 is 9.47 Å². The minimum absolute atomic E-state index is 0.104. The summed E-state index contributed by atoms with van der Waals surface area (Å²) in [5.74, 6) is 1.28. The number of nitriles is 1. The molecular weight excluding hydrogens is 254 g/mol. The number of nitrogens with one attached hydrogen (secondary N) is 1. The van der Waals surface area contributed by atoms with E-state index in [-0.39, 0.29) is 6.02 Å². The van der Waals surface area contributed by atoms with Crippen molar-refractivity contribution in [2.75, 3.05) is 7.11 Å². The van der Waals surface area contributed by atoms with E-state index in [2.05, 4.69) is 10.3 Å². The van der Waals surface area contributed by atoms with Crippen LogP contribution in [0.25, 0.3) is 0 Å². The molecule has 0 aromatic heterocycles. The molecule has 0 atom stereocenters. The lowest BCUT2D eigenvalue weighted by Gasteiger charge is -2.07. The monoisotopic (exact) mass is 267 g/mol. The first kappa shape index (κ1) is 13.4. The molecule has 20 heavy (non-hydrogen) atoms. The fourth-order valence-corrected chi connectivity index (χ4v) is 1.52. The van der Waals surface area contributed by atoms with Gasteiger partial charge in [0.25, 0.3) is 0 Å². The van der Waals surface area contributed by atoms with Crippen molar-refractivity contribution in [2.24, 2.45) is 4.99 Å². The van der Waals surface area contributed by atoms with Gasteiger partial charge in [0.2, 0.25) is 0 Å². The van der Waals surface area contributed by atoms with Crippen LogP contribution >= 0.6 is 0 Å². The van der Waals surface area contributed by atoms with Crippen molar-refractivity contribution >= 4 is 11.7 Å². The average Bonchev–Trinajstić information content (AvgIpc) is 2.49. The number of benzene rings is 2. The number of hydrogen-bond acceptors (Lipinski definition) is 4. The molecule has 2 aromatic carbocycles. The van der Waals surface area contributed by atoms with Crippen molar-refractivity contribution in [1.82, 2.24) is 5.32 Å². The minimum Gasteiger partial charge on any atom is -0.497 e. The Balaban J connectivity index is 2.23. The van der Waals surface area contributed by atoms with Crippen LogP contribution in [0.4, 0.5) is 5.69 Å². The van der Waals surface area contributed by atoms with Gasteiger partial charge in [0.05, 0.1) is 12.8 Å². The second-order valence-electron chi connectivity index (χ2n) is 3.77. The van der Waals surface area contributed by atoms with Crippen LogP contribution in [0.5, 0.6) is 11.5 Å². The number of hydrogen-bond donors (Lipinski definition) is 1. The van der Waals surface area contributed by atoms with Gasteiger partial charge >= 0.3 is 6.02 Å². The van der Waals surface area contributed by atoms with Crippen molar-refractivity contribution in [3.8, 4) is 17.7 Å². The highest BCUT2D eigenvalue weighted by molar-refractivity contribution is 5.80. The molecule has 0 heterocycles. The normalized spacial score (nSPS) is 10.5. The molecule has 0 spiro atoms. The van der Waals surface area contributed by atoms with Crippen LogP contribution in [0.15, 0.2) is 59.6 Å². The van der Waals surface area contributed by atoms with Crippen molar-refractivity contribution in [3.05, 3.63) is 54.6 Å². The first-order chi connectivity index (χ1) is 9.81. The molecule has 0 aliphatic carbocycles. The molecule has 0 saturated carbocycles. The molecule has 5 nitrogen and oxygen atoms in total. The van der Waals surface area contributed by atoms with Crippen LogP contribution in [-0.2, 0) is 0 Å². The fraction of sp³-hybridized carbons (Fsp3) is 0.0667. The Morgan fingerprint density at radius 3 is 2.55 bits per heavy atom. The lowest BCUT2D eigenvalue weighted by molar-refractivity contribution is 0.415. The van der Waals surface area contributed by atoms with Crippen LogP contribution in [0.1, 0.15) is 0 Å². The van der Waals surface area contributed by atoms with Gasteiger partial charge in [-0.05, 0) is 24.3 Å². The van der Waals surface area contributed by atoms with Crippen LogP contribution in [0, 0.1) is 11.5 Å². The molecule has 5 heteroatoms. The third-order valence-corrected chi connectivity index (χ3v) is 2.40. The summed E-state index contributed by atoms with van der Waals surface area (Å²) in [6, 6.07) is 16.4. The number of para-hydroxylation sites is 1. The van der Waals surface area contributed by atoms with Gasteiger partial charge in [0, 0.05) is 6.07 Å². The zero-order chi connectivity index (χ0) is 14.2. The average molecular weight is 267 g/mol. The van der Waals surface area contributed by atoms with E-state index < -0.39 is 0 Å². The molecule has 1 N–H and O–H groups in total. The van der Waals surface area contributed by atoms with E-state index in [1.807, 2.05) is 30.3 Å². The minimum atomic E-state index is 0.104. The number of ether oxygens (including phenoxy) is 2. The van der Waals surface area contributed by atoms with Crippen molar-refractivity contribution in [2.45, 2.75) is 0 Å². The van der Waals surface area contributed by atoms with Crippen molar-refractivity contribution in [3.63, 3.8) is 0 Å². The smallest absolute Gasteiger partial charge is 0.309 e. The number of nitrogens with zero attached hydrogens (tertiary/aromatic N) is 2. The van der Waals surface area contributed by atoms with Gasteiger partial charge in [-0.1, -0.05) is 24.3 Å². The van der Waals surface area contributed by atoms with Gasteiger partial charge in [0.1, 0.15) is 11.5 Å². The summed E-state index contributed by atoms with van der Waals surface area (Å²) in [5, 5.41) is 11.2. The maximum absolute atomic E-state index is 8.75. The molecule has 0 saturated heterocycles. The summed E-state index contributed by atoms with van der Waals surface area (Å²) in [7, 11) is 1.58. The summed E-state index contributed by atoms with van der Waals surface area (Å²) in [5.41, 5.74) is 0.623. The van der Waals surface area contributed by atoms with Gasteiger partial charge < -0.3 is 9.47 Å². The zero-order valence-electron chi connectivity index (χ0n) is 10.9. The Morgan fingerprint density at radius 1 is 1.10 bits per heavy atom. The van der Waals surface area contributed by atoms with Crippen molar-refractivity contribution in [1.29, 1.82) is 5.26 Å². The first-order valence-electron chi connectivity index (χ1n) is 5.92. The molecule has 0 radical (unpaired) electrons. The lowest BCUT2D eigenvalue weighted by Crippen LogP contribution is -2.23. The quantitative estimate of drug-likeness (QED) is 0.402. The standard InChI is InChI=1S/C15H13N3O2/c1-19-14-9-5-6-12(10-14)18-15(17-11-16)20-13-7-3-2-4-8-13/h2-10H,1H3,(H,17,18). The predicted molar refractivity (Wildman–Crippen MR) is 75.9 cm³/mol. The van der Waals surface area contributed by atoms with E-state index in [0.717, 1.165) is 0 Å². The molecule has 2 rings (SSSR count). The van der Waals surface area contributed by atoms with E-state index in [0.29, 0.717) is 17.2 Å². The highest BCUT2D eigenvalue weighted by atomic mass is 16.5. The lowest BCUT2D eigenvalue weighted by atomic mass is 10.3. The Labute approximate surface area is 117 Å². The summed E-state index contributed by atoms with van der Waals surface area (Å²) in [4.78, 5) is 4.23. The molecule has 2 aromatic rings. The number of amidine groups is 1. The number of rotatable bonds is 3. The van der Waals surface area contributed by atoms with Gasteiger partial charge in [-0.25, -0.2) is 5.32 Å². The second-order valence-corrected chi connectivity index (χ2v) is 3.77. The highest BCUT2D eigenvalue weighted by Gasteiger charge is 2.03. The Bertz CT molecular complexity index is 633. The summed E-state index contributed by atoms with van der Waals surface area (Å²) >= 11 is 0. The van der Waals surface area contributed by atoms with Gasteiger partial charge in [-0.3, -0.25) is 0 Å². The number of aliphatic imine (C=N–C) groups is 1. The first-order valence-corrected chi connectivity index (χ1v) is 5.92. The molecule has 0 fully saturated rings. The van der Waals surface area contributed by atoms with Crippen LogP contribution in [-0.4, -0.2) is 13.1 Å². The van der Waals surface area contributed by atoms with E-state index in [1.54, 1.807) is 37.6 Å². The predicted octanol–water partition coefficient (Wildman–Crippen LogP) is 2.83. The molecule has 0 amide bonds. The van der Waals surface area contributed by atoms with Crippen LogP contribution in [0.3, 0.4) is 0 Å². The highest BCUT2D eigenvalue weighted by Crippen LogP contribution is 2.20. The van der Waals surface area contributed by atoms with Crippen LogP contribution in [0.2, 0.25) is 0 Å². The van der Waals surface area contributed by atoms with E-state index in [9.17, 15) is 0 Å². The van der Waals surface area contributed by atoms with Gasteiger partial charge in [0.15, 0.2) is 6.19 Å². The van der Waals surface area contributed by atoms with E-state index in [4.69, 9.17) is 14.7 Å². The molecular formula is C15H13N3O2. The second kappa shape index (κ2) is 6.81. The molecule has 0 aliphatic rings. The number of methoxy groups -OCH3 is 1.